The number of nitrogen functional groups attached to an aromatic ring is 1. The summed E-state index contributed by atoms with van der Waals surface area (Å²) in [4.78, 5) is 8.54. The molecule has 0 aromatic carbocycles. The highest BCUT2D eigenvalue weighted by molar-refractivity contribution is 5.44. The van der Waals surface area contributed by atoms with Crippen LogP contribution >= 0.6 is 0 Å². The summed E-state index contributed by atoms with van der Waals surface area (Å²) in [6, 6.07) is 0. The van der Waals surface area contributed by atoms with Gasteiger partial charge >= 0.3 is 0 Å². The van der Waals surface area contributed by atoms with Gasteiger partial charge in [-0.05, 0) is 24.2 Å². The van der Waals surface area contributed by atoms with E-state index in [0.717, 1.165) is 12.1 Å². The lowest BCUT2D eigenvalue weighted by atomic mass is 9.82. The second kappa shape index (κ2) is 7.85. The normalized spacial score (nSPS) is 14.1. The van der Waals surface area contributed by atoms with Gasteiger partial charge in [-0.1, -0.05) is 26.8 Å². The lowest BCUT2D eigenvalue weighted by Crippen LogP contribution is -2.19. The summed E-state index contributed by atoms with van der Waals surface area (Å²) in [5.74, 6) is 1.89. The Kier molecular flexibility index (Phi) is 6.45. The molecule has 20 heavy (non-hydrogen) atoms. The van der Waals surface area contributed by atoms with Crippen LogP contribution in [-0.4, -0.2) is 28.2 Å². The molecule has 0 bridgehead atoms. The van der Waals surface area contributed by atoms with E-state index in [4.69, 9.17) is 10.8 Å². The van der Waals surface area contributed by atoms with Crippen LogP contribution in [0.15, 0.2) is 18.9 Å². The van der Waals surface area contributed by atoms with Crippen molar-refractivity contribution in [2.75, 3.05) is 24.2 Å². The van der Waals surface area contributed by atoms with E-state index in [-0.39, 0.29) is 6.61 Å². The van der Waals surface area contributed by atoms with Crippen LogP contribution in [0.2, 0.25) is 0 Å². The van der Waals surface area contributed by atoms with E-state index in [1.54, 1.807) is 6.20 Å². The van der Waals surface area contributed by atoms with Crippen LogP contribution in [0.5, 0.6) is 0 Å². The minimum absolute atomic E-state index is 0.0470. The minimum Gasteiger partial charge on any atom is -0.396 e. The third kappa shape index (κ3) is 4.49. The number of aliphatic hydroxyl groups excluding tert-OH is 1. The molecule has 0 aliphatic rings. The number of aliphatic hydroxyl groups is 1. The van der Waals surface area contributed by atoms with E-state index in [1.807, 2.05) is 6.08 Å². The van der Waals surface area contributed by atoms with Gasteiger partial charge in [-0.2, -0.15) is 0 Å². The number of nitrogens with one attached hydrogen (secondary N) is 1. The van der Waals surface area contributed by atoms with Crippen molar-refractivity contribution in [1.82, 2.24) is 9.97 Å². The first-order chi connectivity index (χ1) is 9.49. The first-order valence-corrected chi connectivity index (χ1v) is 7.08. The zero-order chi connectivity index (χ0) is 15.1. The van der Waals surface area contributed by atoms with Crippen LogP contribution in [0.4, 0.5) is 11.6 Å². The Morgan fingerprint density at radius 1 is 1.45 bits per heavy atom. The van der Waals surface area contributed by atoms with Crippen LogP contribution < -0.4 is 11.1 Å². The Hall–Kier alpha value is -1.62. The first kappa shape index (κ1) is 16.4. The molecule has 2 atom stereocenters. The fourth-order valence-electron chi connectivity index (χ4n) is 2.45. The van der Waals surface area contributed by atoms with Gasteiger partial charge in [0, 0.05) is 6.54 Å². The summed E-state index contributed by atoms with van der Waals surface area (Å²) in [7, 11) is 0. The first-order valence-electron chi connectivity index (χ1n) is 7.08. The van der Waals surface area contributed by atoms with Crippen molar-refractivity contribution >= 4 is 11.6 Å². The number of hydrogen-bond acceptors (Lipinski definition) is 5. The molecule has 5 nitrogen and oxygen atoms in total. The average Bonchev–Trinajstić information content (AvgIpc) is 2.40. The topological polar surface area (TPSA) is 84.1 Å². The summed E-state index contributed by atoms with van der Waals surface area (Å²) in [6.45, 7) is 11.0. The van der Waals surface area contributed by atoms with E-state index in [9.17, 15) is 0 Å². The largest absolute Gasteiger partial charge is 0.396 e. The molecule has 5 heteroatoms. The van der Waals surface area contributed by atoms with Crippen LogP contribution in [0.3, 0.4) is 0 Å². The standard InChI is InChI=1S/C15H26N4O/c1-5-12(10(2)3)11(4)8-14-13(16)9-18-15(19-14)17-6-7-20/h5,9-12,20H,1,6-8,16H2,2-4H3,(H,17,18,19). The van der Waals surface area contributed by atoms with Crippen LogP contribution in [0.25, 0.3) is 0 Å². The molecule has 1 aromatic heterocycles. The van der Waals surface area contributed by atoms with Crippen molar-refractivity contribution in [1.29, 1.82) is 0 Å². The quantitative estimate of drug-likeness (QED) is 0.634. The fourth-order valence-corrected chi connectivity index (χ4v) is 2.45. The molecule has 0 saturated heterocycles. The van der Waals surface area contributed by atoms with Gasteiger partial charge in [0.15, 0.2) is 0 Å². The Labute approximate surface area is 121 Å². The van der Waals surface area contributed by atoms with Gasteiger partial charge in [0.2, 0.25) is 5.95 Å². The van der Waals surface area contributed by atoms with E-state index < -0.39 is 0 Å². The molecule has 112 valence electrons. The Balaban J connectivity index is 2.82. The number of allylic oxidation sites excluding steroid dienone is 1. The van der Waals surface area contributed by atoms with Gasteiger partial charge in [-0.15, -0.1) is 6.58 Å². The lowest BCUT2D eigenvalue weighted by molar-refractivity contribution is 0.310. The molecule has 1 heterocycles. The van der Waals surface area contributed by atoms with Crippen LogP contribution in [0, 0.1) is 17.8 Å². The predicted octanol–water partition coefficient (Wildman–Crippen LogP) is 2.10. The molecule has 0 aliphatic heterocycles. The van der Waals surface area contributed by atoms with Crippen molar-refractivity contribution < 1.29 is 5.11 Å². The monoisotopic (exact) mass is 278 g/mol. The minimum atomic E-state index is 0.0470. The number of nitrogens with zero attached hydrogens (tertiary/aromatic N) is 2. The molecule has 0 amide bonds. The van der Waals surface area contributed by atoms with Gasteiger partial charge in [-0.25, -0.2) is 9.97 Å². The Bertz CT molecular complexity index is 434. The molecule has 2 unspecified atom stereocenters. The van der Waals surface area contributed by atoms with Crippen molar-refractivity contribution in [2.45, 2.75) is 27.2 Å². The number of aromatic nitrogens is 2. The number of rotatable bonds is 8. The van der Waals surface area contributed by atoms with Crippen molar-refractivity contribution in [2.24, 2.45) is 17.8 Å². The second-order valence-electron chi connectivity index (χ2n) is 5.48. The highest BCUT2D eigenvalue weighted by Gasteiger charge is 2.19. The maximum Gasteiger partial charge on any atom is 0.223 e. The van der Waals surface area contributed by atoms with Gasteiger partial charge in [-0.3, -0.25) is 0 Å². The summed E-state index contributed by atoms with van der Waals surface area (Å²) in [5.41, 5.74) is 7.41. The van der Waals surface area contributed by atoms with Crippen molar-refractivity contribution in [3.05, 3.63) is 24.5 Å². The van der Waals surface area contributed by atoms with Crippen LogP contribution in [0.1, 0.15) is 26.5 Å². The number of anilines is 2. The molecule has 0 saturated carbocycles. The smallest absolute Gasteiger partial charge is 0.223 e. The lowest BCUT2D eigenvalue weighted by Gasteiger charge is -2.24. The zero-order valence-electron chi connectivity index (χ0n) is 12.6. The number of hydrogen-bond donors (Lipinski definition) is 3. The zero-order valence-corrected chi connectivity index (χ0v) is 12.6. The number of nitrogens with two attached hydrogens (primary N) is 1. The molecular formula is C15H26N4O. The summed E-state index contributed by atoms with van der Waals surface area (Å²) in [6.07, 6.45) is 4.42. The molecule has 1 aromatic rings. The van der Waals surface area contributed by atoms with Crippen molar-refractivity contribution in [3.8, 4) is 0 Å². The summed E-state index contributed by atoms with van der Waals surface area (Å²) >= 11 is 0. The van der Waals surface area contributed by atoms with E-state index in [0.29, 0.717) is 35.9 Å². The molecule has 1 rings (SSSR count). The highest BCUT2D eigenvalue weighted by atomic mass is 16.3. The van der Waals surface area contributed by atoms with E-state index in [1.165, 1.54) is 0 Å². The Morgan fingerprint density at radius 3 is 2.70 bits per heavy atom. The maximum atomic E-state index is 8.81. The maximum absolute atomic E-state index is 8.81. The Morgan fingerprint density at radius 2 is 2.15 bits per heavy atom. The van der Waals surface area contributed by atoms with E-state index in [2.05, 4.69) is 42.6 Å². The van der Waals surface area contributed by atoms with Gasteiger partial charge in [0.25, 0.3) is 0 Å². The fraction of sp³-hybridized carbons (Fsp3) is 0.600. The molecule has 4 N–H and O–H groups in total. The second-order valence-corrected chi connectivity index (χ2v) is 5.48. The summed E-state index contributed by atoms with van der Waals surface area (Å²) < 4.78 is 0. The highest BCUT2D eigenvalue weighted by Crippen LogP contribution is 2.26. The third-order valence-electron chi connectivity index (χ3n) is 3.51. The predicted molar refractivity (Wildman–Crippen MR) is 83.4 cm³/mol. The summed E-state index contributed by atoms with van der Waals surface area (Å²) in [5, 5.41) is 11.8. The van der Waals surface area contributed by atoms with Gasteiger partial charge < -0.3 is 16.2 Å². The van der Waals surface area contributed by atoms with Gasteiger partial charge in [0.05, 0.1) is 24.2 Å². The molecule has 0 radical (unpaired) electrons. The van der Waals surface area contributed by atoms with Crippen molar-refractivity contribution in [3.63, 3.8) is 0 Å². The van der Waals surface area contributed by atoms with E-state index >= 15 is 0 Å². The molecule has 0 spiro atoms. The molecule has 0 fully saturated rings. The SMILES string of the molecule is C=CC(C(C)C)C(C)Cc1nc(NCCO)ncc1N. The van der Waals surface area contributed by atoms with Crippen LogP contribution in [-0.2, 0) is 6.42 Å². The third-order valence-corrected chi connectivity index (χ3v) is 3.51. The molecular weight excluding hydrogens is 252 g/mol. The molecule has 0 aliphatic carbocycles. The average molecular weight is 278 g/mol. The van der Waals surface area contributed by atoms with Gasteiger partial charge in [0.1, 0.15) is 0 Å².